The summed E-state index contributed by atoms with van der Waals surface area (Å²) in [6.45, 7) is 8.79. The first-order valence-electron chi connectivity index (χ1n) is 9.78. The van der Waals surface area contributed by atoms with E-state index < -0.39 is 5.97 Å². The summed E-state index contributed by atoms with van der Waals surface area (Å²) < 4.78 is 0. The summed E-state index contributed by atoms with van der Waals surface area (Å²) in [7, 11) is 0. The van der Waals surface area contributed by atoms with Crippen LogP contribution in [-0.2, 0) is 21.5 Å². The SMILES string of the molecule is CC(C)c1ccc2c(c1)CCC1[C@@](C)(/C=N/OCC(=O)O)CCC[C@]21C. The van der Waals surface area contributed by atoms with Crippen molar-refractivity contribution in [2.75, 3.05) is 6.61 Å². The van der Waals surface area contributed by atoms with Crippen LogP contribution in [0.3, 0.4) is 0 Å². The standard InChI is InChI=1S/C22H31NO3/c1-15(2)16-6-8-18-17(12-16)7-9-19-21(3,10-5-11-22(18,19)4)14-23-26-13-20(24)25/h6,8,12,14-15,19H,5,7,9-11,13H2,1-4H3,(H,24,25)/b23-14+/t19?,21-,22-/m1/s1. The molecule has 3 atom stereocenters. The van der Waals surface area contributed by atoms with E-state index >= 15 is 0 Å². The average molecular weight is 357 g/mol. The van der Waals surface area contributed by atoms with Crippen LogP contribution in [0.5, 0.6) is 0 Å². The van der Waals surface area contributed by atoms with Gasteiger partial charge in [-0.15, -0.1) is 0 Å². The van der Waals surface area contributed by atoms with Gasteiger partial charge in [-0.2, -0.15) is 0 Å². The summed E-state index contributed by atoms with van der Waals surface area (Å²) in [6.07, 6.45) is 7.56. The molecule has 0 spiro atoms. The van der Waals surface area contributed by atoms with E-state index in [1.165, 1.54) is 23.1 Å². The lowest BCUT2D eigenvalue weighted by atomic mass is 9.50. The maximum absolute atomic E-state index is 10.6. The molecular weight excluding hydrogens is 326 g/mol. The molecule has 1 fully saturated rings. The molecule has 0 saturated heterocycles. The van der Waals surface area contributed by atoms with Crippen LogP contribution < -0.4 is 0 Å². The van der Waals surface area contributed by atoms with Crippen molar-refractivity contribution < 1.29 is 14.7 Å². The third-order valence-corrected chi connectivity index (χ3v) is 6.70. The Balaban J connectivity index is 1.89. The van der Waals surface area contributed by atoms with E-state index in [-0.39, 0.29) is 17.4 Å². The number of hydrogen-bond acceptors (Lipinski definition) is 3. The molecule has 3 rings (SSSR count). The van der Waals surface area contributed by atoms with E-state index in [1.54, 1.807) is 0 Å². The minimum absolute atomic E-state index is 0.0556. The zero-order valence-electron chi connectivity index (χ0n) is 16.4. The number of rotatable bonds is 5. The van der Waals surface area contributed by atoms with Crippen LogP contribution in [0.1, 0.15) is 76.0 Å². The largest absolute Gasteiger partial charge is 0.479 e. The maximum atomic E-state index is 10.6. The first kappa shape index (κ1) is 18.9. The molecule has 0 bridgehead atoms. The zero-order valence-corrected chi connectivity index (χ0v) is 16.4. The van der Waals surface area contributed by atoms with Gasteiger partial charge in [-0.05, 0) is 59.6 Å². The Morgan fingerprint density at radius 1 is 1.38 bits per heavy atom. The molecular formula is C22H31NO3. The topological polar surface area (TPSA) is 58.9 Å². The number of nitrogens with zero attached hydrogens (tertiary/aromatic N) is 1. The van der Waals surface area contributed by atoms with Crippen LogP contribution in [0.25, 0.3) is 0 Å². The summed E-state index contributed by atoms with van der Waals surface area (Å²) in [6, 6.07) is 7.07. The van der Waals surface area contributed by atoms with Gasteiger partial charge in [0.1, 0.15) is 0 Å². The highest BCUT2D eigenvalue weighted by Gasteiger charge is 2.51. The molecule has 1 aromatic rings. The first-order chi connectivity index (χ1) is 12.3. The molecule has 0 heterocycles. The van der Waals surface area contributed by atoms with Gasteiger partial charge in [0.15, 0.2) is 0 Å². The van der Waals surface area contributed by atoms with E-state index in [2.05, 4.69) is 51.0 Å². The van der Waals surface area contributed by atoms with E-state index in [9.17, 15) is 4.79 Å². The number of carboxylic acid groups (broad SMARTS) is 1. The highest BCUT2D eigenvalue weighted by atomic mass is 16.6. The van der Waals surface area contributed by atoms with E-state index in [1.807, 2.05) is 6.21 Å². The Hall–Kier alpha value is -1.84. The summed E-state index contributed by atoms with van der Waals surface area (Å²) in [5.74, 6) is 0.0626. The monoisotopic (exact) mass is 357 g/mol. The third kappa shape index (κ3) is 3.38. The molecule has 26 heavy (non-hydrogen) atoms. The molecule has 1 saturated carbocycles. The second-order valence-electron chi connectivity index (χ2n) is 8.84. The Bertz CT molecular complexity index is 711. The lowest BCUT2D eigenvalue weighted by Gasteiger charge is -2.54. The summed E-state index contributed by atoms with van der Waals surface area (Å²) in [5, 5.41) is 12.7. The Morgan fingerprint density at radius 3 is 2.85 bits per heavy atom. The van der Waals surface area contributed by atoms with Crippen LogP contribution in [0.4, 0.5) is 0 Å². The van der Waals surface area contributed by atoms with Gasteiger partial charge in [-0.3, -0.25) is 0 Å². The molecule has 0 aromatic heterocycles. The normalized spacial score (nSPS) is 30.9. The molecule has 0 aliphatic heterocycles. The van der Waals surface area contributed by atoms with Crippen LogP contribution in [0, 0.1) is 11.3 Å². The number of oxime groups is 1. The molecule has 1 unspecified atom stereocenters. The fraction of sp³-hybridized carbons (Fsp3) is 0.636. The van der Waals surface area contributed by atoms with Gasteiger partial charge in [-0.1, -0.05) is 57.5 Å². The minimum Gasteiger partial charge on any atom is -0.479 e. The van der Waals surface area contributed by atoms with Crippen molar-refractivity contribution >= 4 is 12.2 Å². The molecule has 142 valence electrons. The molecule has 1 aromatic carbocycles. The van der Waals surface area contributed by atoms with Crippen molar-refractivity contribution in [3.05, 3.63) is 34.9 Å². The van der Waals surface area contributed by atoms with Crippen molar-refractivity contribution in [3.63, 3.8) is 0 Å². The second kappa shape index (κ2) is 7.05. The van der Waals surface area contributed by atoms with Crippen molar-refractivity contribution in [1.82, 2.24) is 0 Å². The summed E-state index contributed by atoms with van der Waals surface area (Å²) in [4.78, 5) is 15.6. The molecule has 0 amide bonds. The fourth-order valence-electron chi connectivity index (χ4n) is 5.32. The first-order valence-corrected chi connectivity index (χ1v) is 9.78. The van der Waals surface area contributed by atoms with Crippen LogP contribution >= 0.6 is 0 Å². The van der Waals surface area contributed by atoms with Gasteiger partial charge in [0.2, 0.25) is 6.61 Å². The highest BCUT2D eigenvalue weighted by Crippen LogP contribution is 2.56. The average Bonchev–Trinajstić information content (AvgIpc) is 2.58. The van der Waals surface area contributed by atoms with Gasteiger partial charge in [-0.25, -0.2) is 4.79 Å². The predicted molar refractivity (Wildman–Crippen MR) is 104 cm³/mol. The van der Waals surface area contributed by atoms with Gasteiger partial charge in [0.25, 0.3) is 0 Å². The van der Waals surface area contributed by atoms with Crippen molar-refractivity contribution in [2.24, 2.45) is 16.5 Å². The van der Waals surface area contributed by atoms with E-state index in [4.69, 9.17) is 9.94 Å². The quantitative estimate of drug-likeness (QED) is 0.602. The van der Waals surface area contributed by atoms with E-state index in [0.29, 0.717) is 11.8 Å². The number of aliphatic carboxylic acids is 1. The molecule has 1 N–H and O–H groups in total. The number of benzene rings is 1. The number of hydrogen-bond donors (Lipinski definition) is 1. The van der Waals surface area contributed by atoms with Crippen molar-refractivity contribution in [2.45, 2.75) is 71.1 Å². The van der Waals surface area contributed by atoms with Gasteiger partial charge in [0.05, 0.1) is 0 Å². The lowest BCUT2D eigenvalue weighted by Crippen LogP contribution is -2.49. The van der Waals surface area contributed by atoms with Gasteiger partial charge >= 0.3 is 5.97 Å². The maximum Gasteiger partial charge on any atom is 0.344 e. The minimum atomic E-state index is -0.992. The predicted octanol–water partition coefficient (Wildman–Crippen LogP) is 4.91. The summed E-state index contributed by atoms with van der Waals surface area (Å²) >= 11 is 0. The van der Waals surface area contributed by atoms with Crippen LogP contribution in [0.2, 0.25) is 0 Å². The Kier molecular flexibility index (Phi) is 5.14. The Morgan fingerprint density at radius 2 is 2.15 bits per heavy atom. The van der Waals surface area contributed by atoms with Crippen molar-refractivity contribution in [3.8, 4) is 0 Å². The number of carboxylic acids is 1. The fourth-order valence-corrected chi connectivity index (χ4v) is 5.32. The number of carbonyl (C=O) groups is 1. The number of aryl methyl sites for hydroxylation is 1. The molecule has 4 heteroatoms. The summed E-state index contributed by atoms with van der Waals surface area (Å²) in [5.41, 5.74) is 4.53. The van der Waals surface area contributed by atoms with E-state index in [0.717, 1.165) is 25.7 Å². The second-order valence-corrected chi connectivity index (χ2v) is 8.84. The molecule has 2 aliphatic rings. The Labute approximate surface area is 156 Å². The smallest absolute Gasteiger partial charge is 0.344 e. The zero-order chi connectivity index (χ0) is 18.9. The number of fused-ring (bicyclic) bond motifs is 3. The molecule has 4 nitrogen and oxygen atoms in total. The third-order valence-electron chi connectivity index (χ3n) is 6.70. The molecule has 2 aliphatic carbocycles. The van der Waals surface area contributed by atoms with Gasteiger partial charge < -0.3 is 9.94 Å². The highest BCUT2D eigenvalue weighted by molar-refractivity contribution is 5.69. The molecule has 0 radical (unpaired) electrons. The van der Waals surface area contributed by atoms with Crippen molar-refractivity contribution in [1.29, 1.82) is 0 Å². The van der Waals surface area contributed by atoms with Gasteiger partial charge in [0, 0.05) is 11.6 Å². The van der Waals surface area contributed by atoms with Crippen LogP contribution in [-0.4, -0.2) is 23.9 Å². The lowest BCUT2D eigenvalue weighted by molar-refractivity contribution is -0.142. The van der Waals surface area contributed by atoms with Crippen LogP contribution in [0.15, 0.2) is 23.4 Å².